The maximum absolute atomic E-state index is 12.9. The number of urea groups is 1. The third-order valence-corrected chi connectivity index (χ3v) is 5.85. The molecule has 2 heterocycles. The number of nitrogens with one attached hydrogen (secondary N) is 2. The number of anilines is 3. The number of morpholine rings is 2. The second-order valence-corrected chi connectivity index (χ2v) is 8.22. The lowest BCUT2D eigenvalue weighted by molar-refractivity contribution is -0.117. The Morgan fingerprint density at radius 1 is 1.10 bits per heavy atom. The van der Waals surface area contributed by atoms with Gasteiger partial charge < -0.3 is 35.6 Å². The van der Waals surface area contributed by atoms with Gasteiger partial charge in [0.15, 0.2) is 0 Å². The molecule has 0 saturated carbocycles. The van der Waals surface area contributed by atoms with E-state index in [-0.39, 0.29) is 5.91 Å². The summed E-state index contributed by atoms with van der Waals surface area (Å²) in [5, 5.41) is 5.56. The van der Waals surface area contributed by atoms with E-state index < -0.39 is 12.1 Å². The molecule has 0 spiro atoms. The summed E-state index contributed by atoms with van der Waals surface area (Å²) in [6, 6.07) is 4.69. The smallest absolute Gasteiger partial charge is 0.312 e. The number of carbonyl (C=O) groups excluding carboxylic acids is 2. The zero-order valence-electron chi connectivity index (χ0n) is 17.4. The average Bonchev–Trinajstić information content (AvgIpc) is 2.77. The molecule has 2 aliphatic rings. The number of hydrogen-bond acceptors (Lipinski definition) is 7. The van der Waals surface area contributed by atoms with Gasteiger partial charge in [0.05, 0.1) is 37.8 Å². The molecule has 1 aromatic rings. The number of rotatable bonds is 8. The van der Waals surface area contributed by atoms with Crippen molar-refractivity contribution in [2.24, 2.45) is 5.73 Å². The second kappa shape index (κ2) is 11.3. The molecule has 0 bridgehead atoms. The molecule has 1 atom stereocenters. The van der Waals surface area contributed by atoms with Crippen molar-refractivity contribution in [3.63, 3.8) is 0 Å². The van der Waals surface area contributed by atoms with Crippen molar-refractivity contribution in [3.8, 4) is 0 Å². The summed E-state index contributed by atoms with van der Waals surface area (Å²) in [4.78, 5) is 28.8. The van der Waals surface area contributed by atoms with Gasteiger partial charge in [-0.1, -0.05) is 0 Å². The number of thioether (sulfide) groups is 1. The highest BCUT2D eigenvalue weighted by Crippen LogP contribution is 2.32. The molecule has 2 fully saturated rings. The number of amides is 3. The molecule has 1 aromatic carbocycles. The van der Waals surface area contributed by atoms with Gasteiger partial charge in [-0.3, -0.25) is 4.79 Å². The SMILES string of the molecule is CSCCC(NC(N)=O)C(=O)Nc1ccc(N2CCOCC2)cc1N1CCOCC1. The third-order valence-electron chi connectivity index (χ3n) is 5.21. The molecule has 4 N–H and O–H groups in total. The van der Waals surface area contributed by atoms with Crippen molar-refractivity contribution in [2.45, 2.75) is 12.5 Å². The molecule has 0 aliphatic carbocycles. The summed E-state index contributed by atoms with van der Waals surface area (Å²) in [6.07, 6.45) is 2.47. The van der Waals surface area contributed by atoms with E-state index in [9.17, 15) is 9.59 Å². The van der Waals surface area contributed by atoms with Crippen molar-refractivity contribution in [1.82, 2.24) is 5.32 Å². The van der Waals surface area contributed by atoms with Crippen molar-refractivity contribution in [1.29, 1.82) is 0 Å². The van der Waals surface area contributed by atoms with Crippen LogP contribution in [0.2, 0.25) is 0 Å². The normalized spacial score (nSPS) is 18.0. The lowest BCUT2D eigenvalue weighted by Crippen LogP contribution is -2.46. The van der Waals surface area contributed by atoms with Crippen LogP contribution in [0.15, 0.2) is 18.2 Å². The highest BCUT2D eigenvalue weighted by atomic mass is 32.2. The molecule has 30 heavy (non-hydrogen) atoms. The van der Waals surface area contributed by atoms with Crippen LogP contribution >= 0.6 is 11.8 Å². The van der Waals surface area contributed by atoms with Crippen LogP contribution in [0.5, 0.6) is 0 Å². The maximum atomic E-state index is 12.9. The summed E-state index contributed by atoms with van der Waals surface area (Å²) in [5.74, 6) is 0.474. The van der Waals surface area contributed by atoms with Crippen molar-refractivity contribution >= 4 is 40.8 Å². The van der Waals surface area contributed by atoms with Crippen molar-refractivity contribution in [2.75, 3.05) is 79.7 Å². The second-order valence-electron chi connectivity index (χ2n) is 7.23. The fourth-order valence-electron chi connectivity index (χ4n) is 3.61. The fraction of sp³-hybridized carbons (Fsp3) is 0.600. The minimum Gasteiger partial charge on any atom is -0.378 e. The van der Waals surface area contributed by atoms with Gasteiger partial charge in [-0.15, -0.1) is 0 Å². The lowest BCUT2D eigenvalue weighted by atomic mass is 10.1. The van der Waals surface area contributed by atoms with E-state index in [1.807, 2.05) is 18.4 Å². The molecule has 10 heteroatoms. The van der Waals surface area contributed by atoms with Gasteiger partial charge in [-0.2, -0.15) is 11.8 Å². The Kier molecular flexibility index (Phi) is 8.47. The molecule has 0 radical (unpaired) electrons. The topological polar surface area (TPSA) is 109 Å². The third kappa shape index (κ3) is 6.16. The van der Waals surface area contributed by atoms with E-state index >= 15 is 0 Å². The van der Waals surface area contributed by atoms with E-state index in [1.54, 1.807) is 11.8 Å². The van der Waals surface area contributed by atoms with Crippen LogP contribution < -0.4 is 26.2 Å². The van der Waals surface area contributed by atoms with Crippen LogP contribution in [0, 0.1) is 0 Å². The van der Waals surface area contributed by atoms with E-state index in [1.165, 1.54) is 0 Å². The summed E-state index contributed by atoms with van der Waals surface area (Å²) in [7, 11) is 0. The van der Waals surface area contributed by atoms with E-state index in [0.29, 0.717) is 32.8 Å². The Morgan fingerprint density at radius 2 is 1.73 bits per heavy atom. The van der Waals surface area contributed by atoms with Crippen molar-refractivity contribution in [3.05, 3.63) is 18.2 Å². The van der Waals surface area contributed by atoms with Gasteiger partial charge >= 0.3 is 6.03 Å². The van der Waals surface area contributed by atoms with Crippen LogP contribution in [-0.2, 0) is 14.3 Å². The van der Waals surface area contributed by atoms with Gasteiger partial charge in [0.1, 0.15) is 6.04 Å². The Bertz CT molecular complexity index is 723. The molecule has 3 rings (SSSR count). The van der Waals surface area contributed by atoms with Crippen molar-refractivity contribution < 1.29 is 19.1 Å². The first-order valence-corrected chi connectivity index (χ1v) is 11.6. The van der Waals surface area contributed by atoms with E-state index in [0.717, 1.165) is 49.0 Å². The number of nitrogens with zero attached hydrogens (tertiary/aromatic N) is 2. The minimum absolute atomic E-state index is 0.267. The zero-order chi connectivity index (χ0) is 21.3. The summed E-state index contributed by atoms with van der Waals surface area (Å²) in [6.45, 7) is 5.91. The lowest BCUT2D eigenvalue weighted by Gasteiger charge is -2.34. The number of carbonyl (C=O) groups is 2. The Hall–Kier alpha value is -2.17. The maximum Gasteiger partial charge on any atom is 0.312 e. The number of nitrogens with two attached hydrogens (primary N) is 1. The Balaban J connectivity index is 1.82. The average molecular weight is 438 g/mol. The van der Waals surface area contributed by atoms with Gasteiger partial charge in [0.2, 0.25) is 5.91 Å². The fourth-order valence-corrected chi connectivity index (χ4v) is 4.08. The molecule has 0 aromatic heterocycles. The summed E-state index contributed by atoms with van der Waals surface area (Å²) >= 11 is 1.61. The number of hydrogen-bond donors (Lipinski definition) is 3. The Morgan fingerprint density at radius 3 is 2.33 bits per heavy atom. The molecule has 2 aliphatic heterocycles. The highest BCUT2D eigenvalue weighted by molar-refractivity contribution is 7.98. The molecule has 9 nitrogen and oxygen atoms in total. The van der Waals surface area contributed by atoms with E-state index in [4.69, 9.17) is 15.2 Å². The first-order chi connectivity index (χ1) is 14.6. The molecule has 1 unspecified atom stereocenters. The van der Waals surface area contributed by atoms with Crippen LogP contribution in [0.1, 0.15) is 6.42 Å². The first kappa shape index (κ1) is 22.5. The monoisotopic (exact) mass is 437 g/mol. The quantitative estimate of drug-likeness (QED) is 0.558. The predicted octanol–water partition coefficient (Wildman–Crippen LogP) is 1.09. The van der Waals surface area contributed by atoms with Gasteiger partial charge in [0, 0.05) is 31.9 Å². The minimum atomic E-state index is -0.702. The van der Waals surface area contributed by atoms with Gasteiger partial charge in [0.25, 0.3) is 0 Å². The van der Waals surface area contributed by atoms with Gasteiger partial charge in [-0.05, 0) is 36.6 Å². The van der Waals surface area contributed by atoms with Gasteiger partial charge in [-0.25, -0.2) is 4.79 Å². The molecule has 3 amide bonds. The molecular weight excluding hydrogens is 406 g/mol. The number of benzene rings is 1. The Labute approximate surface area is 181 Å². The summed E-state index contributed by atoms with van der Waals surface area (Å²) in [5.41, 5.74) is 8.05. The molecule has 2 saturated heterocycles. The number of ether oxygens (including phenoxy) is 2. The van der Waals surface area contributed by atoms with E-state index in [2.05, 4.69) is 26.5 Å². The van der Waals surface area contributed by atoms with Crippen LogP contribution in [0.3, 0.4) is 0 Å². The molecular formula is C20H31N5O4S. The van der Waals surface area contributed by atoms with Crippen LogP contribution in [-0.4, -0.2) is 82.6 Å². The standard InChI is InChI=1S/C20H31N5O4S/c1-30-13-4-17(23-20(21)27)19(26)22-16-3-2-15(24-5-9-28-10-6-24)14-18(16)25-7-11-29-12-8-25/h2-3,14,17H,4-13H2,1H3,(H,22,26)(H3,21,23,27). The largest absolute Gasteiger partial charge is 0.378 e. The first-order valence-electron chi connectivity index (χ1n) is 10.2. The zero-order valence-corrected chi connectivity index (χ0v) is 18.2. The number of primary amides is 1. The van der Waals surface area contributed by atoms with Crippen LogP contribution in [0.4, 0.5) is 21.9 Å². The van der Waals surface area contributed by atoms with Crippen LogP contribution in [0.25, 0.3) is 0 Å². The summed E-state index contributed by atoms with van der Waals surface area (Å²) < 4.78 is 11.0. The molecule has 166 valence electrons. The predicted molar refractivity (Wildman–Crippen MR) is 121 cm³/mol. The highest BCUT2D eigenvalue weighted by Gasteiger charge is 2.23.